The summed E-state index contributed by atoms with van der Waals surface area (Å²) in [6.45, 7) is 7.33. The van der Waals surface area contributed by atoms with Crippen LogP contribution >= 0.6 is 0 Å². The Morgan fingerprint density at radius 1 is 1.12 bits per heavy atom. The lowest BCUT2D eigenvalue weighted by Crippen LogP contribution is -2.54. The molecule has 2 heterocycles. The van der Waals surface area contributed by atoms with Gasteiger partial charge < -0.3 is 0 Å². The number of unbranched alkanes of at least 4 members (excludes halogenated alkanes) is 1. The number of hydrogen-bond acceptors (Lipinski definition) is 4. The molecule has 2 fully saturated rings. The van der Waals surface area contributed by atoms with Gasteiger partial charge in [-0.1, -0.05) is 19.1 Å². The van der Waals surface area contributed by atoms with Crippen LogP contribution in [-0.2, 0) is 19.2 Å². The Morgan fingerprint density at radius 3 is 2.04 bits per heavy atom. The van der Waals surface area contributed by atoms with E-state index < -0.39 is 23.8 Å². The van der Waals surface area contributed by atoms with E-state index in [1.165, 1.54) is 6.42 Å². The Morgan fingerprint density at radius 2 is 1.68 bits per heavy atom. The van der Waals surface area contributed by atoms with Gasteiger partial charge in [0.15, 0.2) is 0 Å². The van der Waals surface area contributed by atoms with Crippen molar-refractivity contribution < 1.29 is 19.2 Å². The Balaban J connectivity index is 0.000000450. The van der Waals surface area contributed by atoms with Gasteiger partial charge in [0.1, 0.15) is 6.04 Å². The van der Waals surface area contributed by atoms with E-state index in [0.29, 0.717) is 11.1 Å². The molecule has 6 nitrogen and oxygen atoms in total. The molecule has 0 aromatic heterocycles. The van der Waals surface area contributed by atoms with Crippen LogP contribution in [0.1, 0.15) is 53.4 Å². The first-order valence-electron chi connectivity index (χ1n) is 8.37. The lowest BCUT2D eigenvalue weighted by Gasteiger charge is -2.27. The molecule has 2 rings (SSSR count). The smallest absolute Gasteiger partial charge is 0.261 e. The van der Waals surface area contributed by atoms with E-state index in [4.69, 9.17) is 0 Å². The number of imide groups is 2. The molecule has 2 saturated heterocycles. The van der Waals surface area contributed by atoms with E-state index in [2.05, 4.69) is 24.1 Å². The number of hydrogen-bond donors (Lipinski definition) is 1. The van der Waals surface area contributed by atoms with Crippen LogP contribution in [0.25, 0.3) is 0 Å². The molecule has 0 spiro atoms. The summed E-state index contributed by atoms with van der Waals surface area (Å²) in [5, 5.41) is 2.15. The van der Waals surface area contributed by atoms with E-state index in [0.717, 1.165) is 11.3 Å². The molecule has 0 aliphatic carbocycles. The molecule has 0 aromatic rings. The zero-order chi connectivity index (χ0) is 19.0. The molecule has 0 aromatic carbocycles. The molecule has 2 aliphatic heterocycles. The summed E-state index contributed by atoms with van der Waals surface area (Å²) >= 11 is 0. The molecule has 4 amide bonds. The zero-order valence-electron chi connectivity index (χ0n) is 15.1. The Labute approximate surface area is 148 Å². The maximum Gasteiger partial charge on any atom is 0.261 e. The predicted molar refractivity (Wildman–Crippen MR) is 93.9 cm³/mol. The lowest BCUT2D eigenvalue weighted by molar-refractivity contribution is -0.149. The van der Waals surface area contributed by atoms with Crippen molar-refractivity contribution in [2.75, 3.05) is 0 Å². The minimum Gasteiger partial charge on any atom is -0.295 e. The van der Waals surface area contributed by atoms with Crippen LogP contribution < -0.4 is 5.32 Å². The molecule has 25 heavy (non-hydrogen) atoms. The molecular weight excluding hydrogens is 320 g/mol. The van der Waals surface area contributed by atoms with Gasteiger partial charge in [0.2, 0.25) is 11.8 Å². The van der Waals surface area contributed by atoms with Crippen LogP contribution in [0, 0.1) is 11.8 Å². The third-order valence-corrected chi connectivity index (χ3v) is 3.84. The molecule has 0 radical (unpaired) electrons. The minimum atomic E-state index is -0.898. The third-order valence-electron chi connectivity index (χ3n) is 3.84. The summed E-state index contributed by atoms with van der Waals surface area (Å²) in [4.78, 5) is 48.1. The van der Waals surface area contributed by atoms with Crippen molar-refractivity contribution in [1.82, 2.24) is 10.2 Å². The van der Waals surface area contributed by atoms with Gasteiger partial charge in [0.05, 0.1) is 0 Å². The molecule has 134 valence electrons. The number of piperidine rings is 1. The van der Waals surface area contributed by atoms with Gasteiger partial charge in [-0.25, -0.2) is 0 Å². The number of nitrogens with zero attached hydrogens (tertiary/aromatic N) is 1. The van der Waals surface area contributed by atoms with E-state index >= 15 is 0 Å². The number of allylic oxidation sites excluding steroid dienone is 2. The molecular formula is C19H24N2O4. The average Bonchev–Trinajstić information content (AvgIpc) is 2.83. The monoisotopic (exact) mass is 344 g/mol. The first kappa shape index (κ1) is 20.4. The first-order chi connectivity index (χ1) is 11.9. The van der Waals surface area contributed by atoms with E-state index in [1.807, 2.05) is 6.92 Å². The summed E-state index contributed by atoms with van der Waals surface area (Å²) in [5.41, 5.74) is 0.606. The third kappa shape index (κ3) is 4.66. The number of carbonyl (C=O) groups is 4. The standard InChI is InChI=1S/C13H14N2O4.C6H10/c1-3-7-8(4-2)13(19)15(12(7)18)9-5-6-10(16)14-11(9)17;1-3-5-6-4-2/h3-4,9H,5-6H2,1-2H3,(H,14,16,17);3,5H2,1-2H3/b7-3+,8-4+;. The molecule has 2 aliphatic rings. The highest BCUT2D eigenvalue weighted by molar-refractivity contribution is 6.26. The van der Waals surface area contributed by atoms with Gasteiger partial charge in [-0.3, -0.25) is 29.4 Å². The SMILES string of the molecule is C/C=C1/C(=O)N(C2CCC(=O)NC2=O)C(=O)/C1=C/C.CC#CCCC. The van der Waals surface area contributed by atoms with Crippen molar-refractivity contribution >= 4 is 23.6 Å². The van der Waals surface area contributed by atoms with Crippen molar-refractivity contribution in [1.29, 1.82) is 0 Å². The topological polar surface area (TPSA) is 83.6 Å². The maximum atomic E-state index is 12.2. The second-order valence-electron chi connectivity index (χ2n) is 5.53. The van der Waals surface area contributed by atoms with Gasteiger partial charge in [-0.05, 0) is 33.6 Å². The largest absolute Gasteiger partial charge is 0.295 e. The Hall–Kier alpha value is -2.68. The van der Waals surface area contributed by atoms with Crippen LogP contribution in [0.2, 0.25) is 0 Å². The van der Waals surface area contributed by atoms with Crippen molar-refractivity contribution in [2.24, 2.45) is 0 Å². The molecule has 0 saturated carbocycles. The number of likely N-dealkylation sites (tertiary alicyclic amines) is 1. The molecule has 6 heteroatoms. The predicted octanol–water partition coefficient (Wildman–Crippen LogP) is 1.86. The fourth-order valence-electron chi connectivity index (χ4n) is 2.60. The molecule has 0 bridgehead atoms. The van der Waals surface area contributed by atoms with Crippen LogP contribution in [-0.4, -0.2) is 34.6 Å². The number of amides is 4. The summed E-state index contributed by atoms with van der Waals surface area (Å²) in [6, 6.07) is -0.898. The molecule has 1 atom stereocenters. The number of carbonyl (C=O) groups excluding carboxylic acids is 4. The van der Waals surface area contributed by atoms with Crippen LogP contribution in [0.4, 0.5) is 0 Å². The summed E-state index contributed by atoms with van der Waals surface area (Å²) in [6.07, 6.45) is 5.65. The van der Waals surface area contributed by atoms with Crippen LogP contribution in [0.3, 0.4) is 0 Å². The highest BCUT2D eigenvalue weighted by Crippen LogP contribution is 2.28. The second-order valence-corrected chi connectivity index (χ2v) is 5.53. The maximum absolute atomic E-state index is 12.2. The van der Waals surface area contributed by atoms with E-state index in [1.54, 1.807) is 26.0 Å². The fourth-order valence-corrected chi connectivity index (χ4v) is 2.60. The molecule has 1 N–H and O–H groups in total. The zero-order valence-corrected chi connectivity index (χ0v) is 15.1. The van der Waals surface area contributed by atoms with E-state index in [-0.39, 0.29) is 18.7 Å². The van der Waals surface area contributed by atoms with E-state index in [9.17, 15) is 19.2 Å². The second kappa shape index (κ2) is 9.58. The van der Waals surface area contributed by atoms with Gasteiger partial charge in [-0.15, -0.1) is 11.8 Å². The van der Waals surface area contributed by atoms with Gasteiger partial charge in [0, 0.05) is 24.0 Å². The summed E-state index contributed by atoms with van der Waals surface area (Å²) in [7, 11) is 0. The summed E-state index contributed by atoms with van der Waals surface area (Å²) < 4.78 is 0. The van der Waals surface area contributed by atoms with Crippen molar-refractivity contribution in [3.8, 4) is 11.8 Å². The fraction of sp³-hybridized carbons (Fsp3) is 0.474. The highest BCUT2D eigenvalue weighted by Gasteiger charge is 2.45. The van der Waals surface area contributed by atoms with Crippen LogP contribution in [0.5, 0.6) is 0 Å². The van der Waals surface area contributed by atoms with Gasteiger partial charge in [0.25, 0.3) is 11.8 Å². The number of nitrogens with one attached hydrogen (secondary N) is 1. The van der Waals surface area contributed by atoms with Crippen LogP contribution in [0.15, 0.2) is 23.3 Å². The quantitative estimate of drug-likeness (QED) is 0.471. The minimum absolute atomic E-state index is 0.129. The Kier molecular flexibility index (Phi) is 7.80. The highest BCUT2D eigenvalue weighted by atomic mass is 16.2. The first-order valence-corrected chi connectivity index (χ1v) is 8.37. The Bertz CT molecular complexity index is 662. The van der Waals surface area contributed by atoms with Crippen molar-refractivity contribution in [3.63, 3.8) is 0 Å². The van der Waals surface area contributed by atoms with Gasteiger partial charge >= 0.3 is 0 Å². The lowest BCUT2D eigenvalue weighted by atomic mass is 10.0. The normalized spacial score (nSPS) is 23.2. The summed E-state index contributed by atoms with van der Waals surface area (Å²) in [5.74, 6) is 3.84. The van der Waals surface area contributed by atoms with Crippen molar-refractivity contribution in [3.05, 3.63) is 23.3 Å². The number of rotatable bonds is 2. The van der Waals surface area contributed by atoms with Gasteiger partial charge in [-0.2, -0.15) is 0 Å². The average molecular weight is 344 g/mol. The van der Waals surface area contributed by atoms with Crippen molar-refractivity contribution in [2.45, 2.75) is 59.4 Å². The molecule has 1 unspecified atom stereocenters.